The minimum Gasteiger partial charge on any atom is -0.398 e. The van der Waals surface area contributed by atoms with E-state index in [0.717, 1.165) is 4.90 Å². The highest BCUT2D eigenvalue weighted by molar-refractivity contribution is 7.99. The van der Waals surface area contributed by atoms with E-state index in [4.69, 9.17) is 5.73 Å². The summed E-state index contributed by atoms with van der Waals surface area (Å²) in [6.07, 6.45) is 0. The lowest BCUT2D eigenvalue weighted by atomic mass is 10.1. The van der Waals surface area contributed by atoms with Gasteiger partial charge in [0.25, 0.3) is 0 Å². The highest BCUT2D eigenvalue weighted by Gasteiger charge is 2.29. The summed E-state index contributed by atoms with van der Waals surface area (Å²) >= 11 is 1.32. The van der Waals surface area contributed by atoms with E-state index in [9.17, 15) is 14.5 Å². The molecule has 0 radical (unpaired) electrons. The van der Waals surface area contributed by atoms with Gasteiger partial charge in [-0.25, -0.2) is 4.39 Å². The van der Waals surface area contributed by atoms with Crippen molar-refractivity contribution in [1.29, 1.82) is 0 Å². The molecule has 0 fully saturated rings. The van der Waals surface area contributed by atoms with Crippen LogP contribution in [-0.4, -0.2) is 11.0 Å². The number of hydrogen-bond acceptors (Lipinski definition) is 4. The zero-order valence-electron chi connectivity index (χ0n) is 11.4. The molecule has 0 aliphatic heterocycles. The molecule has 2 aromatic rings. The number of benzene rings is 2. The zero-order chi connectivity index (χ0) is 15.4. The fourth-order valence-electron chi connectivity index (χ4n) is 1.93. The third kappa shape index (κ3) is 3.72. The van der Waals surface area contributed by atoms with Crippen molar-refractivity contribution in [3.8, 4) is 0 Å². The van der Waals surface area contributed by atoms with Crippen LogP contribution in [0.4, 0.5) is 10.1 Å². The van der Waals surface area contributed by atoms with Crippen LogP contribution in [0.5, 0.6) is 0 Å². The van der Waals surface area contributed by atoms with Gasteiger partial charge in [0, 0.05) is 22.4 Å². The molecular weight excluding hydrogens is 291 g/mol. The first-order valence-electron chi connectivity index (χ1n) is 6.39. The Morgan fingerprint density at radius 1 is 1.19 bits per heavy atom. The molecule has 2 rings (SSSR count). The van der Waals surface area contributed by atoms with Crippen molar-refractivity contribution >= 4 is 17.4 Å². The number of nitrogen functional groups attached to an aromatic ring is 1. The van der Waals surface area contributed by atoms with E-state index in [2.05, 4.69) is 0 Å². The average Bonchev–Trinajstić information content (AvgIpc) is 2.47. The second-order valence-electron chi connectivity index (χ2n) is 4.65. The molecule has 2 N–H and O–H groups in total. The molecule has 0 heterocycles. The van der Waals surface area contributed by atoms with Crippen molar-refractivity contribution in [3.63, 3.8) is 0 Å². The second-order valence-corrected chi connectivity index (χ2v) is 5.84. The Hall–Kier alpha value is -2.08. The Bertz CT molecular complexity index is 634. The van der Waals surface area contributed by atoms with Crippen LogP contribution < -0.4 is 5.73 Å². The molecule has 110 valence electrons. The molecule has 6 heteroatoms. The van der Waals surface area contributed by atoms with Crippen molar-refractivity contribution in [2.45, 2.75) is 23.1 Å². The predicted molar refractivity (Wildman–Crippen MR) is 82.3 cm³/mol. The summed E-state index contributed by atoms with van der Waals surface area (Å²) in [4.78, 5) is 11.6. The van der Waals surface area contributed by atoms with Gasteiger partial charge in [0.05, 0.1) is 0 Å². The molecule has 0 aliphatic rings. The molecule has 0 unspecified atom stereocenters. The van der Waals surface area contributed by atoms with Crippen LogP contribution in [0.1, 0.15) is 17.7 Å². The van der Waals surface area contributed by atoms with Gasteiger partial charge in [0.15, 0.2) is 0 Å². The first kappa shape index (κ1) is 15.3. The maximum absolute atomic E-state index is 13.0. The topological polar surface area (TPSA) is 69.2 Å². The normalized spacial score (nSPS) is 13.6. The van der Waals surface area contributed by atoms with Crippen LogP contribution in [0.3, 0.4) is 0 Å². The Balaban J connectivity index is 2.35. The molecule has 2 aromatic carbocycles. The minimum absolute atomic E-state index is 0.333. The number of rotatable bonds is 5. The lowest BCUT2D eigenvalue weighted by Crippen LogP contribution is -2.22. The number of nitrogens with zero attached hydrogens (tertiary/aromatic N) is 1. The average molecular weight is 306 g/mol. The Morgan fingerprint density at radius 3 is 2.38 bits per heavy atom. The van der Waals surface area contributed by atoms with Crippen molar-refractivity contribution in [3.05, 3.63) is 70.0 Å². The fraction of sp³-hybridized carbons (Fsp3) is 0.200. The van der Waals surface area contributed by atoms with E-state index in [0.29, 0.717) is 11.3 Å². The molecule has 0 bridgehead atoms. The molecule has 0 amide bonds. The first-order valence-corrected chi connectivity index (χ1v) is 7.27. The van der Waals surface area contributed by atoms with E-state index in [-0.39, 0.29) is 10.7 Å². The van der Waals surface area contributed by atoms with Gasteiger partial charge in [0.1, 0.15) is 11.1 Å². The predicted octanol–water partition coefficient (Wildman–Crippen LogP) is 3.91. The van der Waals surface area contributed by atoms with Gasteiger partial charge in [-0.1, -0.05) is 24.3 Å². The van der Waals surface area contributed by atoms with Gasteiger partial charge >= 0.3 is 0 Å². The molecule has 0 aromatic heterocycles. The molecule has 0 saturated carbocycles. The van der Waals surface area contributed by atoms with Crippen LogP contribution in [0, 0.1) is 15.9 Å². The Morgan fingerprint density at radius 2 is 1.81 bits per heavy atom. The van der Waals surface area contributed by atoms with Crippen molar-refractivity contribution in [1.82, 2.24) is 0 Å². The van der Waals surface area contributed by atoms with E-state index in [1.54, 1.807) is 25.1 Å². The number of nitrogens with two attached hydrogens (primary N) is 1. The molecule has 2 atom stereocenters. The van der Waals surface area contributed by atoms with Gasteiger partial charge in [-0.15, -0.1) is 11.8 Å². The van der Waals surface area contributed by atoms with Crippen LogP contribution in [0.2, 0.25) is 0 Å². The number of thioether (sulfide) groups is 1. The second kappa shape index (κ2) is 6.58. The number of hydrogen-bond donors (Lipinski definition) is 1. The maximum Gasteiger partial charge on any atom is 0.226 e. The first-order chi connectivity index (χ1) is 9.99. The summed E-state index contributed by atoms with van der Waals surface area (Å²) < 4.78 is 13.0. The molecular formula is C15H15FN2O2S. The Labute approximate surface area is 126 Å². The number of anilines is 1. The SMILES string of the molecule is C[C@@H]([C@H](Sc1ccccc1N)c1ccc(F)cc1)[N+](=O)[O-]. The molecule has 21 heavy (non-hydrogen) atoms. The van der Waals surface area contributed by atoms with Crippen LogP contribution in [0.15, 0.2) is 53.4 Å². The highest BCUT2D eigenvalue weighted by atomic mass is 32.2. The van der Waals surface area contributed by atoms with E-state index >= 15 is 0 Å². The fourth-order valence-corrected chi connectivity index (χ4v) is 3.16. The lowest BCUT2D eigenvalue weighted by Gasteiger charge is -2.19. The third-order valence-electron chi connectivity index (χ3n) is 3.14. The smallest absolute Gasteiger partial charge is 0.226 e. The highest BCUT2D eigenvalue weighted by Crippen LogP contribution is 2.40. The zero-order valence-corrected chi connectivity index (χ0v) is 12.2. The van der Waals surface area contributed by atoms with E-state index in [1.807, 2.05) is 18.2 Å². The minimum atomic E-state index is -0.819. The monoisotopic (exact) mass is 306 g/mol. The number of nitro groups is 1. The van der Waals surface area contributed by atoms with Gasteiger partial charge in [-0.05, 0) is 29.8 Å². The molecule has 0 saturated heterocycles. The van der Waals surface area contributed by atoms with Gasteiger partial charge < -0.3 is 5.73 Å². The van der Waals surface area contributed by atoms with Crippen molar-refractivity contribution in [2.24, 2.45) is 0 Å². The largest absolute Gasteiger partial charge is 0.398 e. The summed E-state index contributed by atoms with van der Waals surface area (Å²) in [5, 5.41) is 10.7. The summed E-state index contributed by atoms with van der Waals surface area (Å²) in [5.74, 6) is -0.365. The van der Waals surface area contributed by atoms with Crippen molar-refractivity contribution < 1.29 is 9.31 Å². The molecule has 4 nitrogen and oxygen atoms in total. The summed E-state index contributed by atoms with van der Waals surface area (Å²) in [5.41, 5.74) is 7.17. The standard InChI is InChI=1S/C15H15FN2O2S/c1-10(18(19)20)15(11-6-8-12(16)9-7-11)21-14-5-3-2-4-13(14)17/h2-10,15H,17H2,1H3/t10-,15-/m0/s1. The maximum atomic E-state index is 13.0. The lowest BCUT2D eigenvalue weighted by molar-refractivity contribution is -0.518. The van der Waals surface area contributed by atoms with Crippen LogP contribution >= 0.6 is 11.8 Å². The van der Waals surface area contributed by atoms with Gasteiger partial charge in [0.2, 0.25) is 6.04 Å². The van der Waals surface area contributed by atoms with Crippen LogP contribution in [-0.2, 0) is 0 Å². The summed E-state index contributed by atoms with van der Waals surface area (Å²) in [7, 11) is 0. The summed E-state index contributed by atoms with van der Waals surface area (Å²) in [6.45, 7) is 1.54. The Kier molecular flexibility index (Phi) is 4.80. The number of halogens is 1. The van der Waals surface area contributed by atoms with Crippen molar-refractivity contribution in [2.75, 3.05) is 5.73 Å². The molecule has 0 spiro atoms. The number of para-hydroxylation sites is 1. The van der Waals surface area contributed by atoms with E-state index in [1.165, 1.54) is 23.9 Å². The van der Waals surface area contributed by atoms with Gasteiger partial charge in [-0.3, -0.25) is 10.1 Å². The van der Waals surface area contributed by atoms with Crippen LogP contribution in [0.25, 0.3) is 0 Å². The van der Waals surface area contributed by atoms with Gasteiger partial charge in [-0.2, -0.15) is 0 Å². The quantitative estimate of drug-likeness (QED) is 0.393. The van der Waals surface area contributed by atoms with E-state index < -0.39 is 11.3 Å². The molecule has 0 aliphatic carbocycles. The third-order valence-corrected chi connectivity index (χ3v) is 4.69. The summed E-state index contributed by atoms with van der Waals surface area (Å²) in [6, 6.07) is 12.2.